The molecule has 4 aliphatic heterocycles. The number of carbonyl (C=O) groups is 2. The fourth-order valence-corrected chi connectivity index (χ4v) is 6.93. The first-order chi connectivity index (χ1) is 19.6. The maximum atomic E-state index is 13.7. The molecule has 1 aromatic heterocycles. The smallest absolute Gasteiger partial charge is 0.345 e. The van der Waals surface area contributed by atoms with Gasteiger partial charge in [0.05, 0.1) is 35.9 Å². The Morgan fingerprint density at radius 3 is 2.46 bits per heavy atom. The van der Waals surface area contributed by atoms with Crippen molar-refractivity contribution in [2.45, 2.75) is 33.3 Å². The zero-order valence-electron chi connectivity index (χ0n) is 24.0. The summed E-state index contributed by atoms with van der Waals surface area (Å²) in [6, 6.07) is 8.41. The van der Waals surface area contributed by atoms with Crippen molar-refractivity contribution in [3.05, 3.63) is 77.0 Å². The lowest BCUT2D eigenvalue weighted by Crippen LogP contribution is -2.61. The molecule has 6 rings (SSSR count). The third kappa shape index (κ3) is 5.11. The van der Waals surface area contributed by atoms with Crippen LogP contribution in [0.2, 0.25) is 0 Å². The third-order valence-corrected chi connectivity index (χ3v) is 8.80. The molecule has 216 valence electrons. The zero-order chi connectivity index (χ0) is 28.9. The quantitative estimate of drug-likeness (QED) is 0.395. The Bertz CT molecular complexity index is 1460. The van der Waals surface area contributed by atoms with Gasteiger partial charge in [0.1, 0.15) is 35.6 Å². The highest BCUT2D eigenvalue weighted by Crippen LogP contribution is 2.44. The lowest BCUT2D eigenvalue weighted by Gasteiger charge is -2.44. The summed E-state index contributed by atoms with van der Waals surface area (Å²) in [4.78, 5) is 31.5. The number of anilines is 1. The van der Waals surface area contributed by atoms with E-state index in [1.807, 2.05) is 49.4 Å². The van der Waals surface area contributed by atoms with Crippen molar-refractivity contribution in [2.75, 3.05) is 55.8 Å². The molecule has 0 bridgehead atoms. The Kier molecular flexibility index (Phi) is 7.07. The Hall–Kier alpha value is -3.41. The Morgan fingerprint density at radius 1 is 1.07 bits per heavy atom. The summed E-state index contributed by atoms with van der Waals surface area (Å²) >= 11 is 1.73. The molecule has 1 atom stereocenters. The Morgan fingerprint density at radius 2 is 1.80 bits per heavy atom. The second-order valence-electron chi connectivity index (χ2n) is 11.8. The van der Waals surface area contributed by atoms with Crippen LogP contribution in [-0.2, 0) is 14.3 Å². The van der Waals surface area contributed by atoms with E-state index in [9.17, 15) is 14.0 Å². The number of thioether (sulfide) groups is 1. The number of esters is 1. The zero-order valence-corrected chi connectivity index (χ0v) is 24.8. The molecule has 41 heavy (non-hydrogen) atoms. The lowest BCUT2D eigenvalue weighted by molar-refractivity contribution is -0.948. The summed E-state index contributed by atoms with van der Waals surface area (Å²) in [6.07, 6.45) is 6.02. The van der Waals surface area contributed by atoms with E-state index >= 15 is 0 Å². The van der Waals surface area contributed by atoms with Gasteiger partial charge in [-0.05, 0) is 58.0 Å². The van der Waals surface area contributed by atoms with Crippen molar-refractivity contribution in [1.82, 2.24) is 19.7 Å². The van der Waals surface area contributed by atoms with E-state index in [1.54, 1.807) is 23.9 Å². The number of allylic oxidation sites excluding steroid dienone is 2. The monoisotopic (exact) mass is 579 g/mol. The van der Waals surface area contributed by atoms with Crippen LogP contribution in [0.1, 0.15) is 26.5 Å². The van der Waals surface area contributed by atoms with Gasteiger partial charge in [0.25, 0.3) is 5.91 Å². The molecule has 0 spiro atoms. The first kappa shape index (κ1) is 27.7. The molecule has 0 unspecified atom stereocenters. The van der Waals surface area contributed by atoms with Gasteiger partial charge >= 0.3 is 5.97 Å². The average molecular weight is 580 g/mol. The van der Waals surface area contributed by atoms with Gasteiger partial charge in [-0.25, -0.2) is 13.9 Å². The number of rotatable bonds is 5. The normalized spacial score (nSPS) is 22.9. The average Bonchev–Trinajstić information content (AvgIpc) is 3.71. The van der Waals surface area contributed by atoms with Gasteiger partial charge < -0.3 is 14.5 Å². The van der Waals surface area contributed by atoms with E-state index < -0.39 is 11.6 Å². The van der Waals surface area contributed by atoms with Crippen LogP contribution in [0.3, 0.4) is 0 Å². The molecule has 0 saturated carbocycles. The van der Waals surface area contributed by atoms with Crippen LogP contribution in [0, 0.1) is 12.7 Å². The van der Waals surface area contributed by atoms with Crippen molar-refractivity contribution in [3.63, 3.8) is 0 Å². The molecule has 2 saturated heterocycles. The molecular formula is C30H36FN6O3S+. The Balaban J connectivity index is 1.26. The van der Waals surface area contributed by atoms with Gasteiger partial charge in [0, 0.05) is 37.5 Å². The highest BCUT2D eigenvalue weighted by Gasteiger charge is 2.54. The number of benzene rings is 1. The van der Waals surface area contributed by atoms with Crippen molar-refractivity contribution in [3.8, 4) is 5.69 Å². The van der Waals surface area contributed by atoms with Crippen LogP contribution < -0.4 is 4.90 Å². The van der Waals surface area contributed by atoms with Crippen LogP contribution in [0.25, 0.3) is 5.69 Å². The van der Waals surface area contributed by atoms with Crippen molar-refractivity contribution in [1.29, 1.82) is 0 Å². The molecule has 1 aromatic carbocycles. The summed E-state index contributed by atoms with van der Waals surface area (Å²) in [5.41, 5.74) is 2.75. The Labute approximate surface area is 244 Å². The van der Waals surface area contributed by atoms with Gasteiger partial charge in [-0.1, -0.05) is 0 Å². The molecule has 9 nitrogen and oxygen atoms in total. The SMILES string of the molecule is Cc1cc(N2CCN([N@@+]34C=CC=C3C(C(=O)OC(C)(C)C)=C(C(=O)N3CCSC3)C4)CC2)n(-c2ccc(F)cc2)n1. The van der Waals surface area contributed by atoms with Gasteiger partial charge in [0.15, 0.2) is 5.70 Å². The van der Waals surface area contributed by atoms with Crippen LogP contribution in [0.15, 0.2) is 65.5 Å². The molecule has 2 fully saturated rings. The largest absolute Gasteiger partial charge is 0.456 e. The molecule has 4 aliphatic rings. The van der Waals surface area contributed by atoms with Gasteiger partial charge in [-0.15, -0.1) is 16.8 Å². The topological polar surface area (TPSA) is 70.9 Å². The molecule has 0 radical (unpaired) electrons. The summed E-state index contributed by atoms with van der Waals surface area (Å²) in [7, 11) is 0. The van der Waals surface area contributed by atoms with E-state index in [-0.39, 0.29) is 11.7 Å². The summed E-state index contributed by atoms with van der Waals surface area (Å²) in [5, 5.41) is 7.01. The number of fused-ring (bicyclic) bond motifs is 1. The molecule has 0 aliphatic carbocycles. The van der Waals surface area contributed by atoms with Gasteiger partial charge in [0.2, 0.25) is 0 Å². The van der Waals surface area contributed by atoms with Gasteiger partial charge in [-0.2, -0.15) is 9.69 Å². The predicted molar refractivity (Wildman–Crippen MR) is 156 cm³/mol. The number of quaternary nitrogens is 1. The highest BCUT2D eigenvalue weighted by molar-refractivity contribution is 7.99. The molecule has 1 amide bonds. The van der Waals surface area contributed by atoms with E-state index in [1.165, 1.54) is 12.1 Å². The maximum Gasteiger partial charge on any atom is 0.345 e. The molecular weight excluding hydrogens is 543 g/mol. The number of piperazine rings is 1. The lowest BCUT2D eigenvalue weighted by atomic mass is 10.1. The molecule has 2 aromatic rings. The summed E-state index contributed by atoms with van der Waals surface area (Å²) in [5.74, 6) is 1.69. The number of carbonyl (C=O) groups excluding carboxylic acids is 2. The maximum absolute atomic E-state index is 13.7. The summed E-state index contributed by atoms with van der Waals surface area (Å²) < 4.78 is 21.6. The summed E-state index contributed by atoms with van der Waals surface area (Å²) in [6.45, 7) is 11.4. The van der Waals surface area contributed by atoms with Crippen molar-refractivity contribution in [2.24, 2.45) is 0 Å². The minimum Gasteiger partial charge on any atom is -0.456 e. The minimum absolute atomic E-state index is 0.0747. The van der Waals surface area contributed by atoms with Crippen LogP contribution in [0.4, 0.5) is 10.2 Å². The third-order valence-electron chi connectivity index (χ3n) is 7.83. The van der Waals surface area contributed by atoms with E-state index in [0.29, 0.717) is 47.8 Å². The van der Waals surface area contributed by atoms with E-state index in [0.717, 1.165) is 41.7 Å². The highest BCUT2D eigenvalue weighted by atomic mass is 32.2. The number of aromatic nitrogens is 2. The van der Waals surface area contributed by atoms with Crippen LogP contribution in [0.5, 0.6) is 0 Å². The number of nitrogens with zero attached hydrogens (tertiary/aromatic N) is 6. The second kappa shape index (κ2) is 10.5. The van der Waals surface area contributed by atoms with Crippen molar-refractivity contribution >= 4 is 29.5 Å². The first-order valence-electron chi connectivity index (χ1n) is 14.0. The number of ether oxygens (including phenoxy) is 1. The number of hydrogen-bond donors (Lipinski definition) is 0. The predicted octanol–water partition coefficient (Wildman–Crippen LogP) is 3.77. The fraction of sp³-hybridized carbons (Fsp3) is 0.433. The standard InChI is InChI=1S/C30H36FN6O3S/c1-21-18-26(36(32-21)23-9-7-22(31)8-10-23)33-11-13-35(14-12-33)37-16-5-6-25(37)27(29(39)40-30(2,3)4)24(19-37)28(38)34-15-17-41-20-34/h5-10,16,18H,11-15,17,19-20H2,1-4H3/q+1/t37-/m1/s1. The minimum atomic E-state index is -0.677. The van der Waals surface area contributed by atoms with Crippen LogP contribution >= 0.6 is 11.8 Å². The van der Waals surface area contributed by atoms with Gasteiger partial charge in [-0.3, -0.25) is 4.79 Å². The number of aryl methyl sites for hydroxylation is 1. The first-order valence-corrected chi connectivity index (χ1v) is 15.2. The molecule has 5 heterocycles. The number of amides is 1. The second-order valence-corrected chi connectivity index (χ2v) is 12.9. The van der Waals surface area contributed by atoms with E-state index in [2.05, 4.69) is 27.3 Å². The van der Waals surface area contributed by atoms with Crippen molar-refractivity contribution < 1.29 is 23.3 Å². The number of halogens is 1. The van der Waals surface area contributed by atoms with Crippen LogP contribution in [-0.4, -0.2) is 92.7 Å². The fourth-order valence-electron chi connectivity index (χ4n) is 5.98. The molecule has 0 N–H and O–H groups in total. The molecule has 11 heteroatoms. The van der Waals surface area contributed by atoms with E-state index in [4.69, 9.17) is 4.74 Å². The number of hydrogen-bond acceptors (Lipinski definition) is 7.